The van der Waals surface area contributed by atoms with Crippen molar-refractivity contribution in [2.45, 2.75) is 26.3 Å². The molecule has 5 rings (SSSR count). The van der Waals surface area contributed by atoms with E-state index in [1.165, 1.54) is 4.40 Å². The van der Waals surface area contributed by atoms with Gasteiger partial charge in [0.25, 0.3) is 0 Å². The molecule has 0 amide bonds. The van der Waals surface area contributed by atoms with Crippen molar-refractivity contribution in [3.05, 3.63) is 64.3 Å². The topological polar surface area (TPSA) is 104 Å². The van der Waals surface area contributed by atoms with Gasteiger partial charge in [-0.1, -0.05) is 30.3 Å². The first-order valence-electron chi connectivity index (χ1n) is 10.1. The Morgan fingerprint density at radius 2 is 1.87 bits per heavy atom. The minimum Gasteiger partial charge on any atom is -0.315 e. The van der Waals surface area contributed by atoms with Crippen molar-refractivity contribution in [1.29, 1.82) is 0 Å². The highest BCUT2D eigenvalue weighted by Gasteiger charge is 2.29. The molecule has 4 aromatic rings. The monoisotopic (exact) mass is 402 g/mol. The van der Waals surface area contributed by atoms with Crippen molar-refractivity contribution < 1.29 is 4.98 Å². The van der Waals surface area contributed by atoms with Crippen LogP contribution in [0.2, 0.25) is 0 Å². The molecule has 1 aliphatic heterocycles. The number of aromatic amines is 1. The number of rotatable bonds is 3. The lowest BCUT2D eigenvalue weighted by Gasteiger charge is -2.10. The van der Waals surface area contributed by atoms with E-state index in [0.29, 0.717) is 5.65 Å². The van der Waals surface area contributed by atoms with Crippen LogP contribution in [0.15, 0.2) is 47.3 Å². The minimum absolute atomic E-state index is 0.0192. The molecule has 1 fully saturated rings. The maximum absolute atomic E-state index is 13.2. The number of nitrogens with two attached hydrogens (primary N) is 1. The van der Waals surface area contributed by atoms with Crippen molar-refractivity contribution in [1.82, 2.24) is 24.5 Å². The van der Waals surface area contributed by atoms with Crippen LogP contribution in [0.1, 0.15) is 23.9 Å². The van der Waals surface area contributed by atoms with E-state index >= 15 is 0 Å². The van der Waals surface area contributed by atoms with Gasteiger partial charge in [0.05, 0.1) is 11.6 Å². The summed E-state index contributed by atoms with van der Waals surface area (Å²) in [5.74, 6) is 0.261. The first kappa shape index (κ1) is 18.5. The van der Waals surface area contributed by atoms with E-state index in [9.17, 15) is 4.79 Å². The molecular weight excluding hydrogens is 378 g/mol. The molecule has 1 aliphatic rings. The zero-order chi connectivity index (χ0) is 20.8. The quantitative estimate of drug-likeness (QED) is 0.543. The van der Waals surface area contributed by atoms with Crippen LogP contribution >= 0.6 is 0 Å². The van der Waals surface area contributed by atoms with Gasteiger partial charge in [-0.15, -0.1) is 9.50 Å². The van der Waals surface area contributed by atoms with Gasteiger partial charge in [0.15, 0.2) is 0 Å². The van der Waals surface area contributed by atoms with E-state index in [1.54, 1.807) is 4.68 Å². The van der Waals surface area contributed by atoms with E-state index in [1.807, 2.05) is 56.3 Å². The summed E-state index contributed by atoms with van der Waals surface area (Å²) in [6.45, 7) is 5.52. The van der Waals surface area contributed by atoms with Gasteiger partial charge < -0.3 is 5.32 Å². The average Bonchev–Trinajstić information content (AvgIpc) is 3.36. The molecule has 0 radical (unpaired) electrons. The van der Waals surface area contributed by atoms with Gasteiger partial charge in [0, 0.05) is 23.5 Å². The van der Waals surface area contributed by atoms with Crippen LogP contribution < -0.4 is 21.7 Å². The number of nitrogens with zero attached hydrogens (tertiary/aromatic N) is 4. The lowest BCUT2D eigenvalue weighted by molar-refractivity contribution is -0.351. The molecule has 0 saturated carbocycles. The maximum Gasteiger partial charge on any atom is 0.411 e. The number of aryl methyl sites for hydroxylation is 2. The summed E-state index contributed by atoms with van der Waals surface area (Å²) in [4.78, 5) is 21.0. The van der Waals surface area contributed by atoms with E-state index in [4.69, 9.17) is 10.8 Å². The summed E-state index contributed by atoms with van der Waals surface area (Å²) in [6.07, 6.45) is 0.863. The van der Waals surface area contributed by atoms with Crippen LogP contribution in [0, 0.1) is 13.8 Å². The van der Waals surface area contributed by atoms with Crippen LogP contribution in [0.5, 0.6) is 0 Å². The third kappa shape index (κ3) is 2.96. The highest BCUT2D eigenvalue weighted by atomic mass is 16.2. The van der Waals surface area contributed by atoms with Crippen LogP contribution in [0.3, 0.4) is 0 Å². The molecule has 1 atom stereocenters. The van der Waals surface area contributed by atoms with Gasteiger partial charge in [-0.2, -0.15) is 4.68 Å². The summed E-state index contributed by atoms with van der Waals surface area (Å²) in [6, 6.07) is 14.0. The number of hydrogen-bond donors (Lipinski definition) is 2. The number of nitrogens with one attached hydrogen (secondary N) is 2. The molecule has 1 saturated heterocycles. The molecule has 8 heteroatoms. The molecular formula is C22H24N7O+. The number of pyridine rings is 1. The summed E-state index contributed by atoms with van der Waals surface area (Å²) >= 11 is 0. The molecule has 4 heterocycles. The van der Waals surface area contributed by atoms with Gasteiger partial charge in [0.1, 0.15) is 5.69 Å². The number of hydrogen-bond acceptors (Lipinski definition) is 5. The Morgan fingerprint density at radius 1 is 1.13 bits per heavy atom. The number of aromatic nitrogens is 5. The van der Waals surface area contributed by atoms with Gasteiger partial charge >= 0.3 is 11.6 Å². The zero-order valence-electron chi connectivity index (χ0n) is 17.0. The predicted molar refractivity (Wildman–Crippen MR) is 115 cm³/mol. The van der Waals surface area contributed by atoms with Crippen LogP contribution in [0.4, 0.5) is 5.95 Å². The third-order valence-electron chi connectivity index (χ3n) is 5.58. The summed E-state index contributed by atoms with van der Waals surface area (Å²) < 4.78 is 3.05. The molecule has 0 spiro atoms. The van der Waals surface area contributed by atoms with Crippen molar-refractivity contribution in [3.63, 3.8) is 0 Å². The first-order chi connectivity index (χ1) is 14.5. The van der Waals surface area contributed by atoms with E-state index < -0.39 is 0 Å². The smallest absolute Gasteiger partial charge is 0.315 e. The van der Waals surface area contributed by atoms with E-state index in [-0.39, 0.29) is 17.7 Å². The number of H-pyrrole nitrogens is 1. The Hall–Kier alpha value is -3.52. The SMILES string of the molecule is Cc1cc(-c2c(-c3ccccc3)[nH+]c(N)n3c(=O)n(C4CCNC4)nc23)cc(C)n1. The molecule has 30 heavy (non-hydrogen) atoms. The molecule has 8 nitrogen and oxygen atoms in total. The second-order valence-corrected chi connectivity index (χ2v) is 7.80. The summed E-state index contributed by atoms with van der Waals surface area (Å²) in [5, 5.41) is 8.08. The van der Waals surface area contributed by atoms with Gasteiger partial charge in [0.2, 0.25) is 5.65 Å². The Labute approximate surface area is 173 Å². The normalized spacial score (nSPS) is 16.4. The fraction of sp³-hybridized carbons (Fsp3) is 0.273. The Balaban J connectivity index is 1.89. The molecule has 4 N–H and O–H groups in total. The van der Waals surface area contributed by atoms with Gasteiger partial charge in [-0.3, -0.25) is 10.7 Å². The molecule has 3 aromatic heterocycles. The molecule has 1 aromatic carbocycles. The van der Waals surface area contributed by atoms with Crippen molar-refractivity contribution in [2.75, 3.05) is 18.8 Å². The fourth-order valence-corrected chi connectivity index (χ4v) is 4.28. The lowest BCUT2D eigenvalue weighted by Crippen LogP contribution is -2.30. The Kier molecular flexibility index (Phi) is 4.36. The lowest BCUT2D eigenvalue weighted by atomic mass is 9.99. The van der Waals surface area contributed by atoms with Crippen LogP contribution in [-0.4, -0.2) is 32.3 Å². The van der Waals surface area contributed by atoms with Crippen molar-refractivity contribution in [2.24, 2.45) is 0 Å². The van der Waals surface area contributed by atoms with Crippen molar-refractivity contribution >= 4 is 11.6 Å². The molecule has 0 bridgehead atoms. The number of nitrogen functional groups attached to an aromatic ring is 1. The highest BCUT2D eigenvalue weighted by Crippen LogP contribution is 2.33. The predicted octanol–water partition coefficient (Wildman–Crippen LogP) is 1.77. The molecule has 1 unspecified atom stereocenters. The van der Waals surface area contributed by atoms with Gasteiger partial charge in [-0.05, 0) is 44.5 Å². The van der Waals surface area contributed by atoms with E-state index in [0.717, 1.165) is 53.3 Å². The fourth-order valence-electron chi connectivity index (χ4n) is 4.28. The molecule has 0 aliphatic carbocycles. The summed E-state index contributed by atoms with van der Waals surface area (Å²) in [5.41, 5.74) is 12.1. The Morgan fingerprint density at radius 3 is 2.53 bits per heavy atom. The summed E-state index contributed by atoms with van der Waals surface area (Å²) in [7, 11) is 0. The highest BCUT2D eigenvalue weighted by molar-refractivity contribution is 5.88. The standard InChI is InChI=1S/C22H23N7O/c1-13-10-16(11-14(2)25-13)18-19(15-6-4-3-5-7-15)26-21(23)28-20(18)27-29(22(28)30)17-8-9-24-12-17/h3-7,10-11,17,24H,8-9,12H2,1-2H3,(H2,23,26)/p+1. The van der Waals surface area contributed by atoms with E-state index in [2.05, 4.69) is 15.3 Å². The third-order valence-corrected chi connectivity index (χ3v) is 5.58. The van der Waals surface area contributed by atoms with Crippen LogP contribution in [0.25, 0.3) is 28.0 Å². The number of anilines is 1. The first-order valence-corrected chi connectivity index (χ1v) is 10.1. The average molecular weight is 402 g/mol. The number of benzene rings is 1. The van der Waals surface area contributed by atoms with Gasteiger partial charge in [-0.25, -0.2) is 9.78 Å². The minimum atomic E-state index is -0.226. The molecule has 152 valence electrons. The van der Waals surface area contributed by atoms with Crippen molar-refractivity contribution in [3.8, 4) is 22.4 Å². The number of fused-ring (bicyclic) bond motifs is 1. The maximum atomic E-state index is 13.2. The second kappa shape index (κ2) is 7.07. The largest absolute Gasteiger partial charge is 0.411 e. The Bertz CT molecular complexity index is 1280. The zero-order valence-corrected chi connectivity index (χ0v) is 17.0. The second-order valence-electron chi connectivity index (χ2n) is 7.80. The van der Waals surface area contributed by atoms with Crippen LogP contribution in [-0.2, 0) is 0 Å².